The summed E-state index contributed by atoms with van der Waals surface area (Å²) in [6.07, 6.45) is 0. The normalized spacial score (nSPS) is 14.3. The molecule has 2 amide bonds. The minimum absolute atomic E-state index is 0.0336. The first kappa shape index (κ1) is 17.0. The molecular formula is C20H23N3O2. The summed E-state index contributed by atoms with van der Waals surface area (Å²) >= 11 is 0. The fraction of sp³-hybridized carbons (Fsp3) is 0.300. The molecule has 0 radical (unpaired) electrons. The summed E-state index contributed by atoms with van der Waals surface area (Å²) in [4.78, 5) is 28.6. The molecule has 0 aromatic heterocycles. The Morgan fingerprint density at radius 1 is 0.960 bits per heavy atom. The number of amides is 2. The van der Waals surface area contributed by atoms with Crippen molar-refractivity contribution in [3.63, 3.8) is 0 Å². The van der Waals surface area contributed by atoms with Crippen molar-refractivity contribution in [1.29, 1.82) is 0 Å². The zero-order chi connectivity index (χ0) is 17.6. The lowest BCUT2D eigenvalue weighted by Gasteiger charge is -2.36. The highest BCUT2D eigenvalue weighted by atomic mass is 16.2. The van der Waals surface area contributed by atoms with Crippen LogP contribution in [0.25, 0.3) is 0 Å². The number of rotatable bonds is 4. The van der Waals surface area contributed by atoms with Crippen molar-refractivity contribution < 1.29 is 9.59 Å². The van der Waals surface area contributed by atoms with E-state index in [2.05, 4.69) is 22.3 Å². The van der Waals surface area contributed by atoms with Gasteiger partial charge < -0.3 is 15.1 Å². The summed E-state index contributed by atoms with van der Waals surface area (Å²) in [5, 5.41) is 2.72. The first-order valence-electron chi connectivity index (χ1n) is 8.56. The molecule has 1 saturated heterocycles. The molecular weight excluding hydrogens is 314 g/mol. The van der Waals surface area contributed by atoms with Gasteiger partial charge in [0.05, 0.1) is 6.54 Å². The molecule has 1 aliphatic rings. The molecule has 5 heteroatoms. The first-order chi connectivity index (χ1) is 12.1. The fourth-order valence-electron chi connectivity index (χ4n) is 3.01. The highest BCUT2D eigenvalue weighted by Crippen LogP contribution is 2.15. The molecule has 0 spiro atoms. The number of nitrogens with zero attached hydrogens (tertiary/aromatic N) is 2. The van der Waals surface area contributed by atoms with Crippen LogP contribution < -0.4 is 10.2 Å². The van der Waals surface area contributed by atoms with Gasteiger partial charge in [-0.2, -0.15) is 0 Å². The Morgan fingerprint density at radius 2 is 1.68 bits per heavy atom. The van der Waals surface area contributed by atoms with E-state index in [4.69, 9.17) is 0 Å². The van der Waals surface area contributed by atoms with Crippen LogP contribution in [0.4, 0.5) is 5.69 Å². The Bertz CT molecular complexity index is 738. The largest absolute Gasteiger partial charge is 0.368 e. The van der Waals surface area contributed by atoms with Crippen molar-refractivity contribution >= 4 is 17.5 Å². The van der Waals surface area contributed by atoms with E-state index in [0.717, 1.165) is 18.7 Å². The molecule has 0 bridgehead atoms. The number of nitrogens with one attached hydrogen (secondary N) is 1. The number of benzene rings is 2. The lowest BCUT2D eigenvalue weighted by Crippen LogP contribution is -2.51. The average molecular weight is 337 g/mol. The average Bonchev–Trinajstić information content (AvgIpc) is 2.66. The van der Waals surface area contributed by atoms with Gasteiger partial charge in [0.1, 0.15) is 0 Å². The molecule has 1 N–H and O–H groups in total. The summed E-state index contributed by atoms with van der Waals surface area (Å²) in [5.74, 6) is -0.242. The number of para-hydroxylation sites is 1. The van der Waals surface area contributed by atoms with Crippen LogP contribution in [0.1, 0.15) is 15.9 Å². The number of piperazine rings is 1. The van der Waals surface area contributed by atoms with Crippen LogP contribution in [-0.2, 0) is 4.79 Å². The third kappa shape index (κ3) is 4.38. The highest BCUT2D eigenvalue weighted by molar-refractivity contribution is 5.96. The molecule has 2 aromatic rings. The molecule has 0 aliphatic carbocycles. The Balaban J connectivity index is 1.47. The van der Waals surface area contributed by atoms with E-state index in [1.54, 1.807) is 6.07 Å². The highest BCUT2D eigenvalue weighted by Gasteiger charge is 2.21. The molecule has 0 saturated carbocycles. The third-order valence-corrected chi connectivity index (χ3v) is 4.43. The molecule has 5 nitrogen and oxygen atoms in total. The monoisotopic (exact) mass is 337 g/mol. The molecule has 25 heavy (non-hydrogen) atoms. The second-order valence-corrected chi connectivity index (χ2v) is 6.26. The number of carbonyl (C=O) groups is 2. The van der Waals surface area contributed by atoms with Crippen molar-refractivity contribution in [2.75, 3.05) is 37.6 Å². The van der Waals surface area contributed by atoms with Crippen molar-refractivity contribution in [1.82, 2.24) is 10.2 Å². The maximum Gasteiger partial charge on any atom is 0.251 e. The van der Waals surface area contributed by atoms with Crippen LogP contribution in [-0.4, -0.2) is 49.4 Å². The fourth-order valence-corrected chi connectivity index (χ4v) is 3.01. The van der Waals surface area contributed by atoms with E-state index in [9.17, 15) is 9.59 Å². The first-order valence-corrected chi connectivity index (χ1v) is 8.56. The van der Waals surface area contributed by atoms with Crippen molar-refractivity contribution in [2.24, 2.45) is 0 Å². The van der Waals surface area contributed by atoms with E-state index >= 15 is 0 Å². The van der Waals surface area contributed by atoms with E-state index < -0.39 is 0 Å². The maximum atomic E-state index is 12.3. The molecule has 2 aromatic carbocycles. The van der Waals surface area contributed by atoms with Crippen LogP contribution in [0.3, 0.4) is 0 Å². The van der Waals surface area contributed by atoms with Crippen LogP contribution in [0.15, 0.2) is 54.6 Å². The Hall–Kier alpha value is -2.82. The van der Waals surface area contributed by atoms with Gasteiger partial charge in [-0.15, -0.1) is 0 Å². The van der Waals surface area contributed by atoms with Crippen LogP contribution in [0.5, 0.6) is 0 Å². The lowest BCUT2D eigenvalue weighted by molar-refractivity contribution is -0.130. The topological polar surface area (TPSA) is 52.7 Å². The third-order valence-electron chi connectivity index (χ3n) is 4.43. The smallest absolute Gasteiger partial charge is 0.251 e. The predicted molar refractivity (Wildman–Crippen MR) is 98.7 cm³/mol. The van der Waals surface area contributed by atoms with Gasteiger partial charge in [0.2, 0.25) is 5.91 Å². The van der Waals surface area contributed by atoms with Gasteiger partial charge in [-0.3, -0.25) is 9.59 Å². The second kappa shape index (κ2) is 7.83. The Kier molecular flexibility index (Phi) is 5.33. The Labute approximate surface area is 148 Å². The van der Waals surface area contributed by atoms with Crippen molar-refractivity contribution in [3.8, 4) is 0 Å². The van der Waals surface area contributed by atoms with E-state index in [1.165, 1.54) is 5.69 Å². The van der Waals surface area contributed by atoms with Gasteiger partial charge in [0.15, 0.2) is 0 Å². The van der Waals surface area contributed by atoms with Gasteiger partial charge in [-0.05, 0) is 31.2 Å². The van der Waals surface area contributed by atoms with Gasteiger partial charge in [0, 0.05) is 37.4 Å². The summed E-state index contributed by atoms with van der Waals surface area (Å²) in [6, 6.07) is 17.6. The number of aryl methyl sites for hydroxylation is 1. The minimum atomic E-state index is -0.208. The number of anilines is 1. The summed E-state index contributed by atoms with van der Waals surface area (Å²) < 4.78 is 0. The van der Waals surface area contributed by atoms with E-state index in [0.29, 0.717) is 18.7 Å². The molecule has 130 valence electrons. The predicted octanol–water partition coefficient (Wildman–Crippen LogP) is 2.07. The lowest BCUT2D eigenvalue weighted by atomic mass is 10.1. The number of hydrogen-bond donors (Lipinski definition) is 1. The standard InChI is InChI=1S/C20H23N3O2/c1-16-6-5-7-17(14-16)20(25)21-15-19(24)23-12-10-22(11-13-23)18-8-3-2-4-9-18/h2-9,14H,10-13,15H2,1H3,(H,21,25). The molecule has 3 rings (SSSR count). The molecule has 1 heterocycles. The summed E-state index contributed by atoms with van der Waals surface area (Å²) in [5.41, 5.74) is 2.79. The minimum Gasteiger partial charge on any atom is -0.368 e. The van der Waals surface area contributed by atoms with Gasteiger partial charge in [-0.25, -0.2) is 0 Å². The van der Waals surface area contributed by atoms with Gasteiger partial charge in [-0.1, -0.05) is 35.9 Å². The zero-order valence-corrected chi connectivity index (χ0v) is 14.4. The Morgan fingerprint density at radius 3 is 2.36 bits per heavy atom. The number of carbonyl (C=O) groups excluding carboxylic acids is 2. The molecule has 0 atom stereocenters. The summed E-state index contributed by atoms with van der Waals surface area (Å²) in [7, 11) is 0. The molecule has 0 unspecified atom stereocenters. The van der Waals surface area contributed by atoms with Crippen LogP contribution in [0, 0.1) is 6.92 Å². The number of hydrogen-bond acceptors (Lipinski definition) is 3. The van der Waals surface area contributed by atoms with Crippen LogP contribution in [0.2, 0.25) is 0 Å². The SMILES string of the molecule is Cc1cccc(C(=O)NCC(=O)N2CCN(c3ccccc3)CC2)c1. The zero-order valence-electron chi connectivity index (χ0n) is 14.4. The quantitative estimate of drug-likeness (QED) is 0.929. The molecule has 1 fully saturated rings. The maximum absolute atomic E-state index is 12.3. The van der Waals surface area contributed by atoms with E-state index in [1.807, 2.05) is 48.2 Å². The van der Waals surface area contributed by atoms with Gasteiger partial charge >= 0.3 is 0 Å². The molecule has 1 aliphatic heterocycles. The van der Waals surface area contributed by atoms with Crippen LogP contribution >= 0.6 is 0 Å². The van der Waals surface area contributed by atoms with Crippen molar-refractivity contribution in [3.05, 3.63) is 65.7 Å². The van der Waals surface area contributed by atoms with Gasteiger partial charge in [0.25, 0.3) is 5.91 Å². The summed E-state index contributed by atoms with van der Waals surface area (Å²) in [6.45, 7) is 4.94. The second-order valence-electron chi connectivity index (χ2n) is 6.26. The van der Waals surface area contributed by atoms with Crippen molar-refractivity contribution in [2.45, 2.75) is 6.92 Å². The van der Waals surface area contributed by atoms with E-state index in [-0.39, 0.29) is 18.4 Å².